The highest BCUT2D eigenvalue weighted by atomic mass is 16.4. The average molecular weight is 423 g/mol. The van der Waals surface area contributed by atoms with Crippen molar-refractivity contribution in [2.45, 2.75) is 89.7 Å². The van der Waals surface area contributed by atoms with Crippen molar-refractivity contribution in [1.82, 2.24) is 5.32 Å². The number of aliphatic hydroxyl groups excluding tert-OH is 1. The minimum Gasteiger partial charge on any atom is -0.480 e. The fourth-order valence-electron chi connectivity index (χ4n) is 2.73. The highest BCUT2D eigenvalue weighted by Gasteiger charge is 2.20. The molecule has 7 nitrogen and oxygen atoms in total. The smallest absolute Gasteiger partial charge is 0.326 e. The van der Waals surface area contributed by atoms with Gasteiger partial charge in [0.15, 0.2) is 0 Å². The van der Waals surface area contributed by atoms with Gasteiger partial charge in [0, 0.05) is 12.8 Å². The lowest BCUT2D eigenvalue weighted by molar-refractivity contribution is -0.142. The summed E-state index contributed by atoms with van der Waals surface area (Å²) in [6.45, 7) is 1.73. The Morgan fingerprint density at radius 2 is 1.50 bits per heavy atom. The Hall–Kier alpha value is -2.41. The lowest BCUT2D eigenvalue weighted by Gasteiger charge is -2.13. The number of aliphatic carboxylic acids is 1. The van der Waals surface area contributed by atoms with Gasteiger partial charge in [0.1, 0.15) is 6.04 Å². The van der Waals surface area contributed by atoms with E-state index in [1.807, 2.05) is 6.08 Å². The number of nitrogens with one attached hydrogen (secondary N) is 1. The predicted octanol–water partition coefficient (Wildman–Crippen LogP) is 3.38. The molecular formula is C23H38N2O5. The van der Waals surface area contributed by atoms with Crippen molar-refractivity contribution in [2.75, 3.05) is 0 Å². The number of amides is 2. The summed E-state index contributed by atoms with van der Waals surface area (Å²) >= 11 is 0. The van der Waals surface area contributed by atoms with Gasteiger partial charge in [0.25, 0.3) is 0 Å². The van der Waals surface area contributed by atoms with E-state index in [0.29, 0.717) is 6.42 Å². The fraction of sp³-hybridized carbons (Fsp3) is 0.609. The standard InChI is InChI=1S/C23H38N2O5/c1-19(26)15-13-11-9-7-5-3-2-4-6-8-10-12-14-16-22(28)25-20(23(29)30)17-18-21(24)27/h2-3,7,9,13,15,19-20,26H,4-6,8,10-12,14,16-18H2,1H3,(H2,24,27)(H,25,28)(H,29,30)/t19-,20-/m0/s1. The van der Waals surface area contributed by atoms with Crippen LogP contribution in [0.5, 0.6) is 0 Å². The summed E-state index contributed by atoms with van der Waals surface area (Å²) in [6, 6.07) is -1.06. The number of carboxylic acids is 1. The summed E-state index contributed by atoms with van der Waals surface area (Å²) < 4.78 is 0. The zero-order valence-corrected chi connectivity index (χ0v) is 18.1. The van der Waals surface area contributed by atoms with Crippen molar-refractivity contribution in [3.63, 3.8) is 0 Å². The van der Waals surface area contributed by atoms with E-state index in [4.69, 9.17) is 15.9 Å². The molecule has 0 unspecified atom stereocenters. The number of rotatable bonds is 18. The van der Waals surface area contributed by atoms with E-state index < -0.39 is 17.9 Å². The lowest BCUT2D eigenvalue weighted by Crippen LogP contribution is -2.41. The summed E-state index contributed by atoms with van der Waals surface area (Å²) in [5, 5.41) is 20.6. The fourth-order valence-corrected chi connectivity index (χ4v) is 2.73. The highest BCUT2D eigenvalue weighted by molar-refractivity contribution is 5.84. The summed E-state index contributed by atoms with van der Waals surface area (Å²) in [6.07, 6.45) is 19.8. The number of hydrogen-bond acceptors (Lipinski definition) is 4. The van der Waals surface area contributed by atoms with Crippen molar-refractivity contribution in [2.24, 2.45) is 5.73 Å². The normalized spacial score (nSPS) is 13.8. The molecule has 0 radical (unpaired) electrons. The van der Waals surface area contributed by atoms with E-state index in [1.54, 1.807) is 13.0 Å². The van der Waals surface area contributed by atoms with Gasteiger partial charge in [-0.15, -0.1) is 0 Å². The Morgan fingerprint density at radius 3 is 2.13 bits per heavy atom. The van der Waals surface area contributed by atoms with E-state index >= 15 is 0 Å². The molecule has 0 spiro atoms. The largest absolute Gasteiger partial charge is 0.480 e. The third-order valence-electron chi connectivity index (χ3n) is 4.38. The van der Waals surface area contributed by atoms with Gasteiger partial charge in [-0.05, 0) is 45.4 Å². The second-order valence-electron chi connectivity index (χ2n) is 7.35. The number of aliphatic hydroxyl groups is 1. The van der Waals surface area contributed by atoms with Crippen molar-refractivity contribution in [3.8, 4) is 0 Å². The molecule has 5 N–H and O–H groups in total. The number of primary amides is 1. The summed E-state index contributed by atoms with van der Waals surface area (Å²) in [5.41, 5.74) is 5.01. The van der Waals surface area contributed by atoms with Gasteiger partial charge in [0.05, 0.1) is 6.10 Å². The molecule has 0 aromatic heterocycles. The number of carbonyl (C=O) groups excluding carboxylic acids is 2. The minimum atomic E-state index is -1.15. The van der Waals surface area contributed by atoms with Gasteiger partial charge in [-0.25, -0.2) is 4.79 Å². The SMILES string of the molecule is C[C@H](O)C=CCC=CCC=CCCCCCCCC(=O)N[C@@H](CCC(N)=O)C(=O)O. The van der Waals surface area contributed by atoms with E-state index in [1.165, 1.54) is 0 Å². The molecule has 0 heterocycles. The molecule has 0 fully saturated rings. The van der Waals surface area contributed by atoms with Crippen molar-refractivity contribution < 1.29 is 24.6 Å². The van der Waals surface area contributed by atoms with Crippen LogP contribution in [0.3, 0.4) is 0 Å². The van der Waals surface area contributed by atoms with Gasteiger partial charge >= 0.3 is 5.97 Å². The Labute approximate surface area is 180 Å². The first-order valence-electron chi connectivity index (χ1n) is 10.8. The van der Waals surface area contributed by atoms with Crippen LogP contribution in [0.1, 0.15) is 77.6 Å². The number of nitrogens with two attached hydrogens (primary N) is 1. The highest BCUT2D eigenvalue weighted by Crippen LogP contribution is 2.08. The monoisotopic (exact) mass is 422 g/mol. The van der Waals surface area contributed by atoms with Gasteiger partial charge in [-0.3, -0.25) is 9.59 Å². The molecule has 2 amide bonds. The number of hydrogen-bond donors (Lipinski definition) is 4. The topological polar surface area (TPSA) is 130 Å². The lowest BCUT2D eigenvalue weighted by atomic mass is 10.1. The molecule has 0 aliphatic rings. The number of carbonyl (C=O) groups is 3. The number of carboxylic acid groups (broad SMARTS) is 1. The van der Waals surface area contributed by atoms with Gasteiger partial charge in [-0.2, -0.15) is 0 Å². The van der Waals surface area contributed by atoms with Crippen LogP contribution in [0.2, 0.25) is 0 Å². The van der Waals surface area contributed by atoms with E-state index in [9.17, 15) is 14.4 Å². The van der Waals surface area contributed by atoms with Crippen LogP contribution >= 0.6 is 0 Å². The van der Waals surface area contributed by atoms with Crippen molar-refractivity contribution >= 4 is 17.8 Å². The second-order valence-corrected chi connectivity index (χ2v) is 7.35. The molecule has 0 saturated heterocycles. The molecule has 0 saturated carbocycles. The summed E-state index contributed by atoms with van der Waals surface area (Å²) in [5.74, 6) is -2.03. The maximum absolute atomic E-state index is 11.8. The van der Waals surface area contributed by atoms with Crippen LogP contribution < -0.4 is 11.1 Å². The van der Waals surface area contributed by atoms with Crippen LogP contribution in [0.15, 0.2) is 36.5 Å². The molecule has 30 heavy (non-hydrogen) atoms. The van der Waals surface area contributed by atoms with Crippen LogP contribution in [-0.2, 0) is 14.4 Å². The molecule has 0 aliphatic carbocycles. The molecule has 0 aromatic rings. The Kier molecular flexibility index (Phi) is 17.1. The molecule has 170 valence electrons. The number of unbranched alkanes of at least 4 members (excludes halogenated alkanes) is 5. The van der Waals surface area contributed by atoms with E-state index in [-0.39, 0.29) is 24.9 Å². The molecule has 0 aliphatic heterocycles. The van der Waals surface area contributed by atoms with Crippen molar-refractivity contribution in [3.05, 3.63) is 36.5 Å². The van der Waals surface area contributed by atoms with Crippen LogP contribution in [0.25, 0.3) is 0 Å². The molecular weight excluding hydrogens is 384 g/mol. The van der Waals surface area contributed by atoms with Crippen LogP contribution in [0.4, 0.5) is 0 Å². The Morgan fingerprint density at radius 1 is 0.900 bits per heavy atom. The maximum atomic E-state index is 11.8. The minimum absolute atomic E-state index is 0.0136. The third-order valence-corrected chi connectivity index (χ3v) is 4.38. The molecule has 0 bridgehead atoms. The van der Waals surface area contributed by atoms with E-state index in [2.05, 4.69) is 29.6 Å². The first-order valence-corrected chi connectivity index (χ1v) is 10.8. The van der Waals surface area contributed by atoms with Crippen LogP contribution in [-0.4, -0.2) is 40.1 Å². The molecule has 0 aromatic carbocycles. The maximum Gasteiger partial charge on any atom is 0.326 e. The zero-order chi connectivity index (χ0) is 22.6. The zero-order valence-electron chi connectivity index (χ0n) is 18.1. The molecule has 7 heteroatoms. The Bertz CT molecular complexity index is 582. The second kappa shape index (κ2) is 18.6. The third kappa shape index (κ3) is 18.9. The quantitative estimate of drug-likeness (QED) is 0.199. The summed E-state index contributed by atoms with van der Waals surface area (Å²) in [7, 11) is 0. The molecule has 2 atom stereocenters. The predicted molar refractivity (Wildman–Crippen MR) is 119 cm³/mol. The van der Waals surface area contributed by atoms with Gasteiger partial charge in [0.2, 0.25) is 11.8 Å². The molecule has 0 rings (SSSR count). The van der Waals surface area contributed by atoms with Crippen molar-refractivity contribution in [1.29, 1.82) is 0 Å². The number of allylic oxidation sites excluding steroid dienone is 5. The van der Waals surface area contributed by atoms with Crippen LogP contribution in [0, 0.1) is 0 Å². The first-order chi connectivity index (χ1) is 14.3. The van der Waals surface area contributed by atoms with Gasteiger partial charge < -0.3 is 21.3 Å². The van der Waals surface area contributed by atoms with E-state index in [0.717, 1.165) is 51.4 Å². The Balaban J connectivity index is 3.66. The first kappa shape index (κ1) is 27.6. The van der Waals surface area contributed by atoms with Gasteiger partial charge in [-0.1, -0.05) is 55.7 Å². The summed E-state index contributed by atoms with van der Waals surface area (Å²) in [4.78, 5) is 33.7. The average Bonchev–Trinajstić information content (AvgIpc) is 2.67.